The molecule has 23 heavy (non-hydrogen) atoms. The second-order valence-electron chi connectivity index (χ2n) is 5.05. The third kappa shape index (κ3) is 8.70. The molecule has 0 rings (SSSR count). The van der Waals surface area contributed by atoms with Crippen molar-refractivity contribution in [3.05, 3.63) is 0 Å². The van der Waals surface area contributed by atoms with Gasteiger partial charge in [-0.1, -0.05) is 0 Å². The van der Waals surface area contributed by atoms with Crippen LogP contribution >= 0.6 is 0 Å². The Hall–Kier alpha value is 0.154. The fourth-order valence-corrected chi connectivity index (χ4v) is 9.85. The number of nitrogens with two attached hydrogens (primary N) is 1. The van der Waals surface area contributed by atoms with Crippen molar-refractivity contribution in [3.8, 4) is 0 Å². The van der Waals surface area contributed by atoms with Gasteiger partial charge in [0.2, 0.25) is 0 Å². The molecule has 5 N–H and O–H groups in total. The van der Waals surface area contributed by atoms with Crippen LogP contribution in [-0.2, 0) is 21.8 Å². The topological polar surface area (TPSA) is 99.8 Å². The quantitative estimate of drug-likeness (QED) is 0.394. The van der Waals surface area contributed by atoms with E-state index in [1.54, 1.807) is 0 Å². The number of rotatable bonds is 16. The summed E-state index contributed by atoms with van der Waals surface area (Å²) in [5, 5.41) is 0. The molecule has 0 spiro atoms. The van der Waals surface area contributed by atoms with Gasteiger partial charge in [-0.2, -0.15) is 0 Å². The Labute approximate surface area is 143 Å². The Morgan fingerprint density at radius 1 is 0.739 bits per heavy atom. The molecule has 0 aliphatic rings. The number of hydrogen-bond acceptors (Lipinski definition) is 6. The molecule has 0 fully saturated rings. The van der Waals surface area contributed by atoms with Crippen molar-refractivity contribution >= 4 is 17.6 Å². The highest BCUT2D eigenvalue weighted by Gasteiger charge is 2.52. The van der Waals surface area contributed by atoms with Gasteiger partial charge >= 0.3 is 17.6 Å². The summed E-state index contributed by atoms with van der Waals surface area (Å²) in [6, 6.07) is 1.42. The maximum Gasteiger partial charge on any atom is 0.493 e. The minimum absolute atomic E-state index is 0.537. The first kappa shape index (κ1) is 23.2. The molecule has 0 bridgehead atoms. The highest BCUT2D eigenvalue weighted by molar-refractivity contribution is 6.75. The van der Waals surface area contributed by atoms with Crippen LogP contribution in [-0.4, -0.2) is 57.1 Å². The van der Waals surface area contributed by atoms with Gasteiger partial charge < -0.3 is 33.3 Å². The fourth-order valence-electron chi connectivity index (χ4n) is 2.37. The molecule has 140 valence electrons. The molecule has 0 radical (unpaired) electrons. The Morgan fingerprint density at radius 2 is 1.13 bits per heavy atom. The molecule has 0 atom stereocenters. The SMILES string of the molecule is CCO[Si](CCCN)(OCC)O[Si](CCC[NH3+])(OCC)OCC. The summed E-state index contributed by atoms with van der Waals surface area (Å²) in [6.45, 7) is 11.4. The van der Waals surface area contributed by atoms with Crippen molar-refractivity contribution in [1.29, 1.82) is 0 Å². The number of hydrogen-bond donors (Lipinski definition) is 2. The van der Waals surface area contributed by atoms with Crippen LogP contribution in [0.3, 0.4) is 0 Å². The highest BCUT2D eigenvalue weighted by atomic mass is 28.5. The van der Waals surface area contributed by atoms with Crippen LogP contribution < -0.4 is 11.5 Å². The predicted molar refractivity (Wildman–Crippen MR) is 94.8 cm³/mol. The maximum absolute atomic E-state index is 6.50. The molecule has 0 aromatic carbocycles. The second kappa shape index (κ2) is 13.4. The molecule has 0 unspecified atom stereocenters. The van der Waals surface area contributed by atoms with Crippen molar-refractivity contribution in [3.63, 3.8) is 0 Å². The van der Waals surface area contributed by atoms with Crippen LogP contribution in [0.1, 0.15) is 40.5 Å². The lowest BCUT2D eigenvalue weighted by Crippen LogP contribution is -2.60. The van der Waals surface area contributed by atoms with E-state index in [2.05, 4.69) is 5.73 Å². The van der Waals surface area contributed by atoms with Crippen LogP contribution in [0.25, 0.3) is 0 Å². The summed E-state index contributed by atoms with van der Waals surface area (Å²) < 4.78 is 30.5. The minimum atomic E-state index is -2.87. The molecule has 7 nitrogen and oxygen atoms in total. The van der Waals surface area contributed by atoms with Crippen molar-refractivity contribution in [2.24, 2.45) is 5.73 Å². The van der Waals surface area contributed by atoms with Gasteiger partial charge in [-0.05, 0) is 40.7 Å². The first-order valence-electron chi connectivity index (χ1n) is 8.82. The van der Waals surface area contributed by atoms with Gasteiger partial charge in [0.05, 0.1) is 6.54 Å². The van der Waals surface area contributed by atoms with Crippen LogP contribution in [0.5, 0.6) is 0 Å². The summed E-state index contributed by atoms with van der Waals surface area (Å²) in [7, 11) is -5.71. The first-order chi connectivity index (χ1) is 11.1. The lowest BCUT2D eigenvalue weighted by atomic mass is 10.5. The van der Waals surface area contributed by atoms with Crippen LogP contribution in [0.15, 0.2) is 0 Å². The molecule has 0 amide bonds. The van der Waals surface area contributed by atoms with Crippen molar-refractivity contribution < 1.29 is 27.6 Å². The van der Waals surface area contributed by atoms with Gasteiger partial charge in [0.25, 0.3) is 0 Å². The molecular formula is C14H37N2O5Si2+. The standard InChI is InChI=1S/C14H36N2O5Si2/c1-5-17-22(18-6-2,13-9-11-15)21-23(19-7-3,20-8-4)14-10-12-16/h5-16H2,1-4H3/p+1. The van der Waals surface area contributed by atoms with E-state index in [9.17, 15) is 0 Å². The molecule has 9 heteroatoms. The van der Waals surface area contributed by atoms with Gasteiger partial charge in [0.15, 0.2) is 0 Å². The molecule has 0 aromatic heterocycles. The third-order valence-electron chi connectivity index (χ3n) is 3.19. The number of quaternary nitrogens is 1. The summed E-state index contributed by atoms with van der Waals surface area (Å²) in [6.07, 6.45) is 1.69. The molecule has 0 aliphatic carbocycles. The van der Waals surface area contributed by atoms with E-state index < -0.39 is 17.6 Å². The highest BCUT2D eigenvalue weighted by Crippen LogP contribution is 2.27. The Bertz CT molecular complexity index is 250. The Kier molecular flexibility index (Phi) is 13.5. The fraction of sp³-hybridized carbons (Fsp3) is 1.00. The van der Waals surface area contributed by atoms with E-state index >= 15 is 0 Å². The second-order valence-corrected chi connectivity index (χ2v) is 10.8. The lowest BCUT2D eigenvalue weighted by molar-refractivity contribution is -0.367. The van der Waals surface area contributed by atoms with Gasteiger partial charge in [-0.3, -0.25) is 0 Å². The summed E-state index contributed by atoms with van der Waals surface area (Å²) in [5.74, 6) is 0. The summed E-state index contributed by atoms with van der Waals surface area (Å²) >= 11 is 0. The molecule has 0 aliphatic heterocycles. The van der Waals surface area contributed by atoms with Crippen LogP contribution in [0.2, 0.25) is 12.1 Å². The predicted octanol–water partition coefficient (Wildman–Crippen LogP) is 1.01. The molecule has 0 saturated heterocycles. The van der Waals surface area contributed by atoms with E-state index in [0.29, 0.717) is 39.0 Å². The van der Waals surface area contributed by atoms with Crippen LogP contribution in [0.4, 0.5) is 0 Å². The summed E-state index contributed by atoms with van der Waals surface area (Å²) in [5.41, 5.74) is 9.60. The summed E-state index contributed by atoms with van der Waals surface area (Å²) in [4.78, 5) is 0. The first-order valence-corrected chi connectivity index (χ1v) is 12.7. The van der Waals surface area contributed by atoms with Crippen LogP contribution in [0, 0.1) is 0 Å². The van der Waals surface area contributed by atoms with Gasteiger partial charge in [0.1, 0.15) is 0 Å². The molecule has 0 saturated carbocycles. The van der Waals surface area contributed by atoms with Gasteiger partial charge in [-0.15, -0.1) is 0 Å². The Morgan fingerprint density at radius 3 is 1.43 bits per heavy atom. The minimum Gasteiger partial charge on any atom is -0.374 e. The van der Waals surface area contributed by atoms with Crippen molar-refractivity contribution in [2.75, 3.05) is 39.5 Å². The maximum atomic E-state index is 6.50. The zero-order chi connectivity index (χ0) is 17.6. The van der Waals surface area contributed by atoms with E-state index in [0.717, 1.165) is 25.4 Å². The lowest BCUT2D eigenvalue weighted by Gasteiger charge is -2.38. The zero-order valence-corrected chi connectivity index (χ0v) is 17.4. The largest absolute Gasteiger partial charge is 0.493 e. The smallest absolute Gasteiger partial charge is 0.374 e. The van der Waals surface area contributed by atoms with E-state index in [1.807, 2.05) is 27.7 Å². The normalized spacial score (nSPS) is 12.8. The average molecular weight is 370 g/mol. The van der Waals surface area contributed by atoms with Gasteiger partial charge in [0, 0.05) is 44.9 Å². The zero-order valence-electron chi connectivity index (χ0n) is 15.4. The molecular weight excluding hydrogens is 332 g/mol. The van der Waals surface area contributed by atoms with E-state index in [1.165, 1.54) is 0 Å². The van der Waals surface area contributed by atoms with E-state index in [4.69, 9.17) is 27.6 Å². The average Bonchev–Trinajstić information content (AvgIpc) is 2.52. The van der Waals surface area contributed by atoms with Crippen molar-refractivity contribution in [1.82, 2.24) is 0 Å². The van der Waals surface area contributed by atoms with Gasteiger partial charge in [-0.25, -0.2) is 0 Å². The third-order valence-corrected chi connectivity index (χ3v) is 10.5. The van der Waals surface area contributed by atoms with E-state index in [-0.39, 0.29) is 0 Å². The Balaban J connectivity index is 5.39. The molecule has 0 heterocycles. The molecule has 0 aromatic rings. The monoisotopic (exact) mass is 369 g/mol. The van der Waals surface area contributed by atoms with Crippen molar-refractivity contribution in [2.45, 2.75) is 52.6 Å².